The highest BCUT2D eigenvalue weighted by atomic mass is 16.7. The van der Waals surface area contributed by atoms with Gasteiger partial charge in [-0.05, 0) is 12.1 Å². The van der Waals surface area contributed by atoms with Gasteiger partial charge in [-0.2, -0.15) is 0 Å². The van der Waals surface area contributed by atoms with Crippen molar-refractivity contribution in [2.75, 3.05) is 13.2 Å². The molecule has 1 aliphatic rings. The Morgan fingerprint density at radius 3 is 2.68 bits per heavy atom. The van der Waals surface area contributed by atoms with E-state index in [1.165, 1.54) is 41.6 Å². The molecule has 1 atom stereocenters. The van der Waals surface area contributed by atoms with Crippen LogP contribution in [0.3, 0.4) is 0 Å². The van der Waals surface area contributed by atoms with Crippen LogP contribution >= 0.6 is 0 Å². The summed E-state index contributed by atoms with van der Waals surface area (Å²) < 4.78 is 0. The lowest BCUT2D eigenvalue weighted by Gasteiger charge is -2.08. The predicted molar refractivity (Wildman–Crippen MR) is 65.2 cm³/mol. The van der Waals surface area contributed by atoms with Crippen LogP contribution in [0.2, 0.25) is 0 Å². The molecule has 19 heavy (non-hydrogen) atoms. The maximum absolute atomic E-state index is 11.8. The van der Waals surface area contributed by atoms with E-state index in [1.807, 2.05) is 0 Å². The minimum absolute atomic E-state index is 0.0634. The second-order valence-electron chi connectivity index (χ2n) is 4.03. The summed E-state index contributed by atoms with van der Waals surface area (Å²) in [4.78, 5) is 26.8. The number of non-ortho nitro benzene ring substituents is 1. The number of nitro benzene ring substituents is 1. The first-order chi connectivity index (χ1) is 9.06. The number of hydroxylamine groups is 2. The summed E-state index contributed by atoms with van der Waals surface area (Å²) in [7, 11) is 0. The summed E-state index contributed by atoms with van der Waals surface area (Å²) in [6, 6.07) is 5.34. The number of allylic oxidation sites excluding steroid dienone is 1. The van der Waals surface area contributed by atoms with Gasteiger partial charge >= 0.3 is 0 Å². The molecule has 1 N–H and O–H groups in total. The number of aliphatic hydroxyl groups is 1. The normalized spacial score (nSPS) is 19.0. The number of aliphatic hydroxyl groups excluding tert-OH is 1. The molecule has 0 amide bonds. The zero-order valence-corrected chi connectivity index (χ0v) is 9.93. The van der Waals surface area contributed by atoms with E-state index in [9.17, 15) is 20.0 Å². The lowest BCUT2D eigenvalue weighted by molar-refractivity contribution is -0.384. The number of benzene rings is 1. The number of carbonyl (C=O) groups is 1. The van der Waals surface area contributed by atoms with Crippen LogP contribution in [-0.4, -0.2) is 40.1 Å². The Morgan fingerprint density at radius 1 is 1.47 bits per heavy atom. The number of ketones is 1. The Hall–Kier alpha value is -2.25. The third-order valence-corrected chi connectivity index (χ3v) is 2.58. The first kappa shape index (κ1) is 13.2. The van der Waals surface area contributed by atoms with Gasteiger partial charge in [0.2, 0.25) is 0 Å². The molecule has 7 heteroatoms. The molecule has 1 saturated heterocycles. The molecule has 1 aliphatic heterocycles. The maximum atomic E-state index is 11.8. The minimum atomic E-state index is -0.556. The largest absolute Gasteiger partial charge is 0.389 e. The van der Waals surface area contributed by atoms with Gasteiger partial charge in [-0.15, -0.1) is 0 Å². The summed E-state index contributed by atoms with van der Waals surface area (Å²) in [5, 5.41) is 21.1. The number of nitro groups is 1. The smallest absolute Gasteiger partial charge is 0.269 e. The minimum Gasteiger partial charge on any atom is -0.389 e. The lowest BCUT2D eigenvalue weighted by atomic mass is 10.1. The van der Waals surface area contributed by atoms with Crippen molar-refractivity contribution in [2.24, 2.45) is 0 Å². The van der Waals surface area contributed by atoms with E-state index in [4.69, 9.17) is 4.84 Å². The summed E-state index contributed by atoms with van der Waals surface area (Å²) in [5.41, 5.74) is 0.285. The Balaban J connectivity index is 1.99. The first-order valence-electron chi connectivity index (χ1n) is 5.61. The van der Waals surface area contributed by atoms with Crippen LogP contribution < -0.4 is 0 Å². The highest BCUT2D eigenvalue weighted by molar-refractivity contribution is 6.04. The van der Waals surface area contributed by atoms with E-state index >= 15 is 0 Å². The number of rotatable bonds is 4. The van der Waals surface area contributed by atoms with Crippen molar-refractivity contribution in [3.8, 4) is 0 Å². The Bertz CT molecular complexity index is 511. The van der Waals surface area contributed by atoms with Crippen molar-refractivity contribution in [3.05, 3.63) is 52.2 Å². The van der Waals surface area contributed by atoms with Gasteiger partial charge in [-0.1, -0.05) is 0 Å². The Labute approximate surface area is 108 Å². The molecule has 7 nitrogen and oxygen atoms in total. The van der Waals surface area contributed by atoms with Gasteiger partial charge in [0.1, 0.15) is 6.61 Å². The summed E-state index contributed by atoms with van der Waals surface area (Å²) in [5.74, 6) is -0.292. The molecule has 1 heterocycles. The third-order valence-electron chi connectivity index (χ3n) is 2.58. The molecule has 0 aliphatic carbocycles. The molecule has 0 unspecified atom stereocenters. The van der Waals surface area contributed by atoms with Crippen molar-refractivity contribution in [2.45, 2.75) is 6.10 Å². The van der Waals surface area contributed by atoms with Gasteiger partial charge in [-0.3, -0.25) is 24.8 Å². The van der Waals surface area contributed by atoms with Crippen molar-refractivity contribution in [1.29, 1.82) is 0 Å². The molecule has 2 rings (SSSR count). The SMILES string of the molecule is O=C(/C=C/N1C[C@H](O)CO1)c1ccc([N+](=O)[O-])cc1. The molecule has 0 bridgehead atoms. The van der Waals surface area contributed by atoms with E-state index < -0.39 is 11.0 Å². The van der Waals surface area contributed by atoms with Crippen LogP contribution in [0.25, 0.3) is 0 Å². The quantitative estimate of drug-likeness (QED) is 0.376. The van der Waals surface area contributed by atoms with Gasteiger partial charge in [-0.25, -0.2) is 0 Å². The fourth-order valence-corrected chi connectivity index (χ4v) is 1.59. The van der Waals surface area contributed by atoms with Gasteiger partial charge < -0.3 is 5.11 Å². The average molecular weight is 264 g/mol. The molecule has 1 fully saturated rings. The molecule has 1 aromatic rings. The van der Waals surface area contributed by atoms with E-state index in [-0.39, 0.29) is 18.1 Å². The maximum Gasteiger partial charge on any atom is 0.269 e. The average Bonchev–Trinajstić information content (AvgIpc) is 2.82. The third kappa shape index (κ3) is 3.36. The first-order valence-corrected chi connectivity index (χ1v) is 5.61. The number of hydrogen-bond acceptors (Lipinski definition) is 6. The predicted octanol–water partition coefficient (Wildman–Crippen LogP) is 0.899. The lowest BCUT2D eigenvalue weighted by Crippen LogP contribution is -2.15. The zero-order valence-electron chi connectivity index (χ0n) is 9.93. The van der Waals surface area contributed by atoms with Crippen molar-refractivity contribution >= 4 is 11.5 Å². The fraction of sp³-hybridized carbons (Fsp3) is 0.250. The molecule has 100 valence electrons. The van der Waals surface area contributed by atoms with Crippen LogP contribution in [0.15, 0.2) is 36.5 Å². The molecule has 0 spiro atoms. The van der Waals surface area contributed by atoms with E-state index in [0.29, 0.717) is 12.1 Å². The number of carbonyl (C=O) groups excluding carboxylic acids is 1. The Kier molecular flexibility index (Phi) is 3.88. The van der Waals surface area contributed by atoms with Crippen molar-refractivity contribution in [3.63, 3.8) is 0 Å². The second-order valence-corrected chi connectivity index (χ2v) is 4.03. The Morgan fingerprint density at radius 2 is 2.16 bits per heavy atom. The molecular formula is C12H12N2O5. The van der Waals surface area contributed by atoms with Crippen LogP contribution in [0.4, 0.5) is 5.69 Å². The number of hydrogen-bond donors (Lipinski definition) is 1. The second kappa shape index (κ2) is 5.59. The van der Waals surface area contributed by atoms with E-state index in [2.05, 4.69) is 0 Å². The number of β-amino-alcohol motifs (C(OH)–C–C–N with tert-alkyl or cyclic N) is 1. The molecule has 1 aromatic carbocycles. The highest BCUT2D eigenvalue weighted by Gasteiger charge is 2.18. The standard InChI is InChI=1S/C12H12N2O5/c15-11-7-13(19-8-11)6-5-12(16)9-1-3-10(4-2-9)14(17)18/h1-6,11,15H,7-8H2/b6-5+/t11-/m0/s1. The van der Waals surface area contributed by atoms with Crippen molar-refractivity contribution in [1.82, 2.24) is 5.06 Å². The monoisotopic (exact) mass is 264 g/mol. The summed E-state index contributed by atoms with van der Waals surface area (Å²) in [6.45, 7) is 0.514. The topological polar surface area (TPSA) is 92.9 Å². The molecule has 0 radical (unpaired) electrons. The van der Waals surface area contributed by atoms with Gasteiger partial charge in [0.25, 0.3) is 5.69 Å². The van der Waals surface area contributed by atoms with Crippen LogP contribution in [0.1, 0.15) is 10.4 Å². The van der Waals surface area contributed by atoms with Gasteiger partial charge in [0.15, 0.2) is 5.78 Å². The van der Waals surface area contributed by atoms with Crippen molar-refractivity contribution < 1.29 is 19.7 Å². The summed E-state index contributed by atoms with van der Waals surface area (Å²) in [6.07, 6.45) is 2.17. The molecular weight excluding hydrogens is 252 g/mol. The van der Waals surface area contributed by atoms with Crippen LogP contribution in [-0.2, 0) is 4.84 Å². The van der Waals surface area contributed by atoms with E-state index in [0.717, 1.165) is 0 Å². The van der Waals surface area contributed by atoms with Gasteiger partial charge in [0.05, 0.1) is 17.6 Å². The van der Waals surface area contributed by atoms with E-state index in [1.54, 1.807) is 0 Å². The molecule has 0 aromatic heterocycles. The number of nitrogens with zero attached hydrogens (tertiary/aromatic N) is 2. The zero-order chi connectivity index (χ0) is 13.8. The highest BCUT2D eigenvalue weighted by Crippen LogP contribution is 2.13. The van der Waals surface area contributed by atoms with Crippen LogP contribution in [0, 0.1) is 10.1 Å². The fourth-order valence-electron chi connectivity index (χ4n) is 1.59. The summed E-state index contributed by atoms with van der Waals surface area (Å²) >= 11 is 0. The van der Waals surface area contributed by atoms with Gasteiger partial charge in [0, 0.05) is 30.0 Å². The molecule has 0 saturated carbocycles. The van der Waals surface area contributed by atoms with Crippen LogP contribution in [0.5, 0.6) is 0 Å².